The van der Waals surface area contributed by atoms with Crippen LogP contribution in [-0.2, 0) is 16.0 Å². The van der Waals surface area contributed by atoms with Crippen LogP contribution < -0.4 is 0 Å². The van der Waals surface area contributed by atoms with Crippen molar-refractivity contribution in [1.82, 2.24) is 0 Å². The molecule has 0 radical (unpaired) electrons. The highest BCUT2D eigenvalue weighted by Gasteiger charge is 2.30. The molecule has 1 fully saturated rings. The van der Waals surface area contributed by atoms with Crippen molar-refractivity contribution >= 4 is 47.8 Å². The second-order valence-corrected chi connectivity index (χ2v) is 11.0. The molecule has 0 saturated heterocycles. The predicted octanol–water partition coefficient (Wildman–Crippen LogP) is 10.7. The molecule has 2 aliphatic rings. The van der Waals surface area contributed by atoms with E-state index < -0.39 is 0 Å². The highest BCUT2D eigenvalue weighted by Crippen LogP contribution is 2.50. The average Bonchev–Trinajstić information content (AvgIpc) is 3.12. The molecule has 0 heterocycles. The minimum atomic E-state index is 0.553. The number of hydrogen-bond donors (Lipinski definition) is 0. The smallest absolute Gasteiger partial charge is 0.0289 e. The Morgan fingerprint density at radius 1 is 0.806 bits per heavy atom. The van der Waals surface area contributed by atoms with Crippen molar-refractivity contribution in [1.29, 1.82) is 0 Å². The second kappa shape index (κ2) is 12.9. The molecule has 2 aromatic rings. The van der Waals surface area contributed by atoms with Crippen LogP contribution in [0.2, 0.25) is 0 Å². The molecule has 0 amide bonds. The van der Waals surface area contributed by atoms with Gasteiger partial charge in [0.05, 0.1) is 0 Å². The van der Waals surface area contributed by atoms with E-state index in [2.05, 4.69) is 92.0 Å². The van der Waals surface area contributed by atoms with Crippen molar-refractivity contribution in [3.05, 3.63) is 58.1 Å². The Morgan fingerprint density at radius 2 is 1.52 bits per heavy atom. The molecule has 0 bridgehead atoms. The first-order chi connectivity index (χ1) is 15.1. The number of hydrogen-bond acceptors (Lipinski definition) is 0. The van der Waals surface area contributed by atoms with E-state index in [1.54, 1.807) is 5.56 Å². The van der Waals surface area contributed by atoms with Crippen LogP contribution in [0.4, 0.5) is 0 Å². The summed E-state index contributed by atoms with van der Waals surface area (Å²) in [6.45, 7) is 4.64. The lowest BCUT2D eigenvalue weighted by atomic mass is 9.89. The Bertz CT molecular complexity index is 836. The van der Waals surface area contributed by atoms with Gasteiger partial charge in [0.15, 0.2) is 0 Å². The van der Waals surface area contributed by atoms with Gasteiger partial charge in [-0.2, -0.15) is 0 Å². The third-order valence-corrected chi connectivity index (χ3v) is 8.79. The summed E-state index contributed by atoms with van der Waals surface area (Å²) in [6, 6.07) is 11.8. The molecular weight excluding hydrogens is 576 g/mol. The standard InChI is InChI=1S/C21H23Br3.C7H14/c1-2-3-4-5-17-19-9-14(11-22)6-7-18(19)21-16(13-24)8-15(12-23)10-20(17)21;1-7-5-3-2-4-6-7/h6-10,17H,2-5,11-13H2,1H3;7H,2-6H2,1H3. The van der Waals surface area contributed by atoms with E-state index in [0.717, 1.165) is 21.9 Å². The normalized spacial score (nSPS) is 17.6. The monoisotopic (exact) mass is 610 g/mol. The zero-order valence-corrected chi connectivity index (χ0v) is 23.9. The molecule has 1 saturated carbocycles. The summed E-state index contributed by atoms with van der Waals surface area (Å²) < 4.78 is 0. The molecule has 1 atom stereocenters. The Morgan fingerprint density at radius 3 is 2.10 bits per heavy atom. The largest absolute Gasteiger partial charge is 0.0876 e. The van der Waals surface area contributed by atoms with E-state index >= 15 is 0 Å². The first-order valence-corrected chi connectivity index (χ1v) is 15.5. The molecule has 31 heavy (non-hydrogen) atoms. The van der Waals surface area contributed by atoms with Gasteiger partial charge in [0.2, 0.25) is 0 Å². The van der Waals surface area contributed by atoms with Crippen molar-refractivity contribution in [3.8, 4) is 11.1 Å². The molecule has 0 aliphatic heterocycles. The van der Waals surface area contributed by atoms with Crippen molar-refractivity contribution < 1.29 is 0 Å². The fourth-order valence-corrected chi connectivity index (χ4v) is 6.29. The maximum atomic E-state index is 3.72. The highest BCUT2D eigenvalue weighted by molar-refractivity contribution is 9.09. The van der Waals surface area contributed by atoms with E-state index in [-0.39, 0.29) is 0 Å². The van der Waals surface area contributed by atoms with Gasteiger partial charge in [-0.3, -0.25) is 0 Å². The number of rotatable bonds is 7. The lowest BCUT2D eigenvalue weighted by Gasteiger charge is -2.15. The Kier molecular flexibility index (Phi) is 10.6. The summed E-state index contributed by atoms with van der Waals surface area (Å²) in [7, 11) is 0. The van der Waals surface area contributed by atoms with Crippen LogP contribution in [0, 0.1) is 5.92 Å². The fraction of sp³-hybridized carbons (Fsp3) is 0.571. The number of alkyl halides is 3. The summed E-state index contributed by atoms with van der Waals surface area (Å²) in [5, 5.41) is 2.76. The van der Waals surface area contributed by atoms with Crippen LogP contribution in [0.25, 0.3) is 11.1 Å². The van der Waals surface area contributed by atoms with Crippen molar-refractivity contribution in [2.45, 2.75) is 93.5 Å². The van der Waals surface area contributed by atoms with Gasteiger partial charge < -0.3 is 0 Å². The van der Waals surface area contributed by atoms with Crippen molar-refractivity contribution in [2.75, 3.05) is 0 Å². The number of benzene rings is 2. The van der Waals surface area contributed by atoms with Gasteiger partial charge in [-0.1, -0.05) is 143 Å². The van der Waals surface area contributed by atoms with E-state index in [0.29, 0.717) is 5.92 Å². The summed E-state index contributed by atoms with van der Waals surface area (Å²) in [6.07, 6.45) is 12.6. The molecule has 0 N–H and O–H groups in total. The maximum Gasteiger partial charge on any atom is 0.0289 e. The Hall–Kier alpha value is -0.120. The molecule has 2 aliphatic carbocycles. The number of fused-ring (bicyclic) bond motifs is 3. The van der Waals surface area contributed by atoms with Gasteiger partial charge in [-0.05, 0) is 51.3 Å². The minimum Gasteiger partial charge on any atom is -0.0876 e. The van der Waals surface area contributed by atoms with Crippen LogP contribution in [0.5, 0.6) is 0 Å². The van der Waals surface area contributed by atoms with Crippen molar-refractivity contribution in [2.24, 2.45) is 5.92 Å². The Labute approximate surface area is 215 Å². The van der Waals surface area contributed by atoms with Crippen LogP contribution >= 0.6 is 47.8 Å². The van der Waals surface area contributed by atoms with Crippen LogP contribution in [-0.4, -0.2) is 0 Å². The molecular formula is C28H37Br3. The lowest BCUT2D eigenvalue weighted by Crippen LogP contribution is -1.99. The molecule has 1 unspecified atom stereocenters. The third kappa shape index (κ3) is 6.48. The van der Waals surface area contributed by atoms with Crippen LogP contribution in [0.1, 0.15) is 105 Å². The summed E-state index contributed by atoms with van der Waals surface area (Å²) in [5.41, 5.74) is 10.2. The summed E-state index contributed by atoms with van der Waals surface area (Å²) >= 11 is 11.0. The lowest BCUT2D eigenvalue weighted by molar-refractivity contribution is 0.385. The SMILES string of the molecule is CC1CCCCC1.CCCCCC1c2cc(CBr)ccc2-c2c(CBr)cc(CBr)cc21. The number of unbranched alkanes of at least 4 members (excludes halogenated alkanes) is 2. The quantitative estimate of drug-likeness (QED) is 0.215. The van der Waals surface area contributed by atoms with Gasteiger partial charge in [0.1, 0.15) is 0 Å². The van der Waals surface area contributed by atoms with Gasteiger partial charge in [0.25, 0.3) is 0 Å². The molecule has 4 rings (SSSR count). The highest BCUT2D eigenvalue weighted by atomic mass is 79.9. The molecule has 0 aromatic heterocycles. The van der Waals surface area contributed by atoms with Crippen molar-refractivity contribution in [3.63, 3.8) is 0 Å². The minimum absolute atomic E-state index is 0.553. The first-order valence-electron chi connectivity index (χ1n) is 12.1. The van der Waals surface area contributed by atoms with E-state index in [1.165, 1.54) is 91.2 Å². The molecule has 2 aromatic carbocycles. The predicted molar refractivity (Wildman–Crippen MR) is 148 cm³/mol. The average molecular weight is 613 g/mol. The van der Waals surface area contributed by atoms with Gasteiger partial charge in [-0.15, -0.1) is 0 Å². The molecule has 0 spiro atoms. The Balaban J connectivity index is 0.000000330. The molecule has 0 nitrogen and oxygen atoms in total. The van der Waals surface area contributed by atoms with Gasteiger partial charge in [-0.25, -0.2) is 0 Å². The summed E-state index contributed by atoms with van der Waals surface area (Å²) in [5.74, 6) is 1.59. The maximum absolute atomic E-state index is 3.72. The zero-order valence-electron chi connectivity index (χ0n) is 19.2. The van der Waals surface area contributed by atoms with E-state index in [1.807, 2.05) is 0 Å². The van der Waals surface area contributed by atoms with Gasteiger partial charge in [0, 0.05) is 21.9 Å². The molecule has 3 heteroatoms. The zero-order chi connectivity index (χ0) is 22.2. The first kappa shape index (κ1) is 25.5. The number of halogens is 3. The summed E-state index contributed by atoms with van der Waals surface area (Å²) in [4.78, 5) is 0. The topological polar surface area (TPSA) is 0 Å². The van der Waals surface area contributed by atoms with Crippen LogP contribution in [0.15, 0.2) is 30.3 Å². The van der Waals surface area contributed by atoms with E-state index in [9.17, 15) is 0 Å². The third-order valence-electron chi connectivity index (χ3n) is 6.89. The fourth-order valence-electron chi connectivity index (χ4n) is 5.18. The second-order valence-electron chi connectivity index (χ2n) is 9.33. The van der Waals surface area contributed by atoms with Crippen LogP contribution in [0.3, 0.4) is 0 Å². The van der Waals surface area contributed by atoms with Gasteiger partial charge >= 0.3 is 0 Å². The van der Waals surface area contributed by atoms with E-state index in [4.69, 9.17) is 0 Å². The molecule has 170 valence electrons.